The number of hydrogen-bond acceptors (Lipinski definition) is 4. The van der Waals surface area contributed by atoms with Gasteiger partial charge in [-0.15, -0.1) is 0 Å². The van der Waals surface area contributed by atoms with E-state index < -0.39 is 0 Å². The molecule has 21 heavy (non-hydrogen) atoms. The minimum Gasteiger partial charge on any atom is -0.508 e. The van der Waals surface area contributed by atoms with Crippen LogP contribution in [0, 0.1) is 0 Å². The molecular weight excluding hydrogens is 268 g/mol. The van der Waals surface area contributed by atoms with Crippen LogP contribution in [0.1, 0.15) is 17.5 Å². The molecule has 0 unspecified atom stereocenters. The number of aromatic hydroxyl groups is 2. The molecule has 0 heterocycles. The van der Waals surface area contributed by atoms with Crippen LogP contribution in [0.4, 0.5) is 0 Å². The highest BCUT2D eigenvalue weighted by Crippen LogP contribution is 2.20. The lowest BCUT2D eigenvalue weighted by molar-refractivity contribution is -0.121. The van der Waals surface area contributed by atoms with Gasteiger partial charge < -0.3 is 10.2 Å². The lowest BCUT2D eigenvalue weighted by atomic mass is 10.1. The number of carbonyl (C=O) groups excluding carboxylic acids is 1. The Morgan fingerprint density at radius 1 is 1.14 bits per heavy atom. The van der Waals surface area contributed by atoms with Crippen molar-refractivity contribution in [3.63, 3.8) is 0 Å². The molecule has 108 valence electrons. The fourth-order valence-corrected chi connectivity index (χ4v) is 1.77. The van der Waals surface area contributed by atoms with E-state index in [9.17, 15) is 9.90 Å². The fourth-order valence-electron chi connectivity index (χ4n) is 1.77. The summed E-state index contributed by atoms with van der Waals surface area (Å²) in [7, 11) is 0. The number of hydrazone groups is 1. The Morgan fingerprint density at radius 2 is 1.90 bits per heavy atom. The number of nitrogens with one attached hydrogen (secondary N) is 1. The van der Waals surface area contributed by atoms with Crippen LogP contribution in [0.3, 0.4) is 0 Å². The van der Waals surface area contributed by atoms with E-state index in [1.54, 1.807) is 0 Å². The Bertz CT molecular complexity index is 639. The summed E-state index contributed by atoms with van der Waals surface area (Å²) in [4.78, 5) is 11.6. The number of benzene rings is 2. The van der Waals surface area contributed by atoms with E-state index in [0.717, 1.165) is 5.56 Å². The average molecular weight is 284 g/mol. The molecule has 2 aromatic rings. The van der Waals surface area contributed by atoms with E-state index >= 15 is 0 Å². The topological polar surface area (TPSA) is 81.9 Å². The van der Waals surface area contributed by atoms with Crippen LogP contribution < -0.4 is 5.43 Å². The lowest BCUT2D eigenvalue weighted by Gasteiger charge is -2.01. The molecule has 0 bridgehead atoms. The van der Waals surface area contributed by atoms with E-state index in [1.165, 1.54) is 24.4 Å². The van der Waals surface area contributed by atoms with Gasteiger partial charge in [0.25, 0.3) is 0 Å². The number of phenols is 2. The molecular formula is C16H16N2O3. The van der Waals surface area contributed by atoms with E-state index in [4.69, 9.17) is 5.11 Å². The van der Waals surface area contributed by atoms with Crippen molar-refractivity contribution in [2.24, 2.45) is 5.10 Å². The quantitative estimate of drug-likeness (QED) is 0.581. The van der Waals surface area contributed by atoms with E-state index in [2.05, 4.69) is 10.5 Å². The summed E-state index contributed by atoms with van der Waals surface area (Å²) in [5.41, 5.74) is 3.90. The maximum atomic E-state index is 11.6. The highest BCUT2D eigenvalue weighted by molar-refractivity contribution is 5.85. The first-order valence-corrected chi connectivity index (χ1v) is 6.53. The number of rotatable bonds is 5. The third kappa shape index (κ3) is 4.65. The SMILES string of the molecule is O=C(CCc1ccccc1)N/N=C/c1ccc(O)cc1O. The molecule has 0 saturated carbocycles. The van der Waals surface area contributed by atoms with Gasteiger partial charge in [-0.05, 0) is 24.1 Å². The summed E-state index contributed by atoms with van der Waals surface area (Å²) >= 11 is 0. The van der Waals surface area contributed by atoms with Gasteiger partial charge >= 0.3 is 0 Å². The molecule has 3 N–H and O–H groups in total. The molecule has 0 aromatic heterocycles. The van der Waals surface area contributed by atoms with E-state index in [0.29, 0.717) is 18.4 Å². The van der Waals surface area contributed by atoms with Gasteiger partial charge in [0.05, 0.1) is 6.21 Å². The molecule has 0 spiro atoms. The van der Waals surface area contributed by atoms with Crippen LogP contribution in [0.15, 0.2) is 53.6 Å². The molecule has 0 atom stereocenters. The summed E-state index contributed by atoms with van der Waals surface area (Å²) in [5, 5.41) is 22.5. The average Bonchev–Trinajstić information content (AvgIpc) is 2.48. The van der Waals surface area contributed by atoms with Crippen molar-refractivity contribution in [1.82, 2.24) is 5.43 Å². The molecule has 0 aliphatic carbocycles. The standard InChI is InChI=1S/C16H16N2O3/c19-14-8-7-13(15(20)10-14)11-17-18-16(21)9-6-12-4-2-1-3-5-12/h1-5,7-8,10-11,19-20H,6,9H2,(H,18,21)/b17-11+. The Balaban J connectivity index is 1.82. The number of aryl methyl sites for hydroxylation is 1. The second-order valence-corrected chi connectivity index (χ2v) is 4.52. The largest absolute Gasteiger partial charge is 0.508 e. The number of hydrogen-bond donors (Lipinski definition) is 3. The molecule has 0 aliphatic heterocycles. The third-order valence-corrected chi connectivity index (χ3v) is 2.89. The minimum absolute atomic E-state index is 0.0310. The van der Waals surface area contributed by atoms with Gasteiger partial charge in [-0.25, -0.2) is 5.43 Å². The molecule has 0 fully saturated rings. The second-order valence-electron chi connectivity index (χ2n) is 4.52. The first-order chi connectivity index (χ1) is 10.1. The molecule has 2 rings (SSSR count). The fraction of sp³-hybridized carbons (Fsp3) is 0.125. The van der Waals surface area contributed by atoms with Crippen molar-refractivity contribution in [2.75, 3.05) is 0 Å². The lowest BCUT2D eigenvalue weighted by Crippen LogP contribution is -2.17. The molecule has 0 saturated heterocycles. The summed E-state index contributed by atoms with van der Waals surface area (Å²) in [6.07, 6.45) is 2.31. The Labute approximate surface area is 122 Å². The van der Waals surface area contributed by atoms with Gasteiger partial charge in [0, 0.05) is 18.1 Å². The van der Waals surface area contributed by atoms with Crippen molar-refractivity contribution < 1.29 is 15.0 Å². The predicted octanol–water partition coefficient (Wildman–Crippen LogP) is 2.18. The smallest absolute Gasteiger partial charge is 0.240 e. The Morgan fingerprint density at radius 3 is 2.62 bits per heavy atom. The molecule has 5 heteroatoms. The van der Waals surface area contributed by atoms with Crippen LogP contribution >= 0.6 is 0 Å². The number of amides is 1. The molecule has 1 amide bonds. The highest BCUT2D eigenvalue weighted by Gasteiger charge is 2.02. The maximum Gasteiger partial charge on any atom is 0.240 e. The zero-order valence-electron chi connectivity index (χ0n) is 11.4. The van der Waals surface area contributed by atoms with Gasteiger partial charge in [0.2, 0.25) is 5.91 Å². The normalized spacial score (nSPS) is 10.7. The second kappa shape index (κ2) is 7.09. The zero-order chi connectivity index (χ0) is 15.1. The van der Waals surface area contributed by atoms with Crippen LogP contribution in [0.2, 0.25) is 0 Å². The molecule has 2 aromatic carbocycles. The molecule has 5 nitrogen and oxygen atoms in total. The Kier molecular flexibility index (Phi) is 4.93. The van der Waals surface area contributed by atoms with Gasteiger partial charge in [0.1, 0.15) is 11.5 Å². The van der Waals surface area contributed by atoms with Gasteiger partial charge in [-0.1, -0.05) is 30.3 Å². The number of phenolic OH excluding ortho intramolecular Hbond substituents is 2. The van der Waals surface area contributed by atoms with E-state index in [-0.39, 0.29) is 17.4 Å². The van der Waals surface area contributed by atoms with Gasteiger partial charge in [0.15, 0.2) is 0 Å². The summed E-state index contributed by atoms with van der Waals surface area (Å²) < 4.78 is 0. The van der Waals surface area contributed by atoms with Crippen molar-refractivity contribution in [1.29, 1.82) is 0 Å². The first kappa shape index (κ1) is 14.6. The van der Waals surface area contributed by atoms with Crippen molar-refractivity contribution >= 4 is 12.1 Å². The summed E-state index contributed by atoms with van der Waals surface area (Å²) in [6, 6.07) is 13.9. The minimum atomic E-state index is -0.201. The summed E-state index contributed by atoms with van der Waals surface area (Å²) in [5.74, 6) is -0.331. The van der Waals surface area contributed by atoms with Crippen molar-refractivity contribution in [2.45, 2.75) is 12.8 Å². The van der Waals surface area contributed by atoms with Crippen molar-refractivity contribution in [3.8, 4) is 11.5 Å². The highest BCUT2D eigenvalue weighted by atomic mass is 16.3. The van der Waals surface area contributed by atoms with Crippen LogP contribution in [0.25, 0.3) is 0 Å². The van der Waals surface area contributed by atoms with Crippen molar-refractivity contribution in [3.05, 3.63) is 59.7 Å². The van der Waals surface area contributed by atoms with Crippen LogP contribution in [-0.4, -0.2) is 22.3 Å². The van der Waals surface area contributed by atoms with E-state index in [1.807, 2.05) is 30.3 Å². The number of nitrogens with zero attached hydrogens (tertiary/aromatic N) is 1. The monoisotopic (exact) mass is 284 g/mol. The predicted molar refractivity (Wildman–Crippen MR) is 80.3 cm³/mol. The summed E-state index contributed by atoms with van der Waals surface area (Å²) in [6.45, 7) is 0. The van der Waals surface area contributed by atoms with Gasteiger partial charge in [-0.2, -0.15) is 5.10 Å². The Hall–Kier alpha value is -2.82. The first-order valence-electron chi connectivity index (χ1n) is 6.53. The van der Waals surface area contributed by atoms with Crippen LogP contribution in [-0.2, 0) is 11.2 Å². The number of carbonyl (C=O) groups is 1. The molecule has 0 radical (unpaired) electrons. The zero-order valence-corrected chi connectivity index (χ0v) is 11.4. The molecule has 0 aliphatic rings. The van der Waals surface area contributed by atoms with Gasteiger partial charge in [-0.3, -0.25) is 4.79 Å². The maximum absolute atomic E-state index is 11.6. The third-order valence-electron chi connectivity index (χ3n) is 2.89. The van der Waals surface area contributed by atoms with Crippen LogP contribution in [0.5, 0.6) is 11.5 Å².